The molecule has 3 N–H and O–H groups in total. The normalized spacial score (nSPS) is 13.6. The Balaban J connectivity index is 4.40. The first-order valence-electron chi connectivity index (χ1n) is 6.25. The van der Waals surface area contributed by atoms with E-state index in [1.807, 2.05) is 0 Å². The van der Waals surface area contributed by atoms with Gasteiger partial charge in [0.25, 0.3) is 0 Å². The number of aliphatic hydroxyl groups is 3. The molecule has 1 atom stereocenters. The van der Waals surface area contributed by atoms with Gasteiger partial charge in [0.05, 0.1) is 31.3 Å². The molecule has 1 unspecified atom stereocenters. The zero-order valence-electron chi connectivity index (χ0n) is 10.8. The largest absolute Gasteiger partial charge is 0.396 e. The van der Waals surface area contributed by atoms with E-state index >= 15 is 0 Å². The summed E-state index contributed by atoms with van der Waals surface area (Å²) in [5.74, 6) is 0. The van der Waals surface area contributed by atoms with Gasteiger partial charge in [-0.05, 0) is 12.8 Å². The van der Waals surface area contributed by atoms with Crippen molar-refractivity contribution in [2.45, 2.75) is 38.7 Å². The average Bonchev–Trinajstić information content (AvgIpc) is 2.37. The van der Waals surface area contributed by atoms with Gasteiger partial charge in [-0.2, -0.15) is 0 Å². The summed E-state index contributed by atoms with van der Waals surface area (Å²) < 4.78 is 5.67. The summed E-state index contributed by atoms with van der Waals surface area (Å²) in [7, 11) is 0. The second-order valence-corrected chi connectivity index (χ2v) is 4.43. The highest BCUT2D eigenvalue weighted by atomic mass is 16.5. The predicted molar refractivity (Wildman–Crippen MR) is 67.8 cm³/mol. The Morgan fingerprint density at radius 2 is 1.76 bits per heavy atom. The van der Waals surface area contributed by atoms with Crippen LogP contribution < -0.4 is 0 Å². The van der Waals surface area contributed by atoms with Crippen molar-refractivity contribution in [2.24, 2.45) is 5.41 Å². The van der Waals surface area contributed by atoms with Crippen molar-refractivity contribution in [3.8, 4) is 0 Å². The van der Waals surface area contributed by atoms with Crippen LogP contribution in [0.2, 0.25) is 0 Å². The van der Waals surface area contributed by atoms with Crippen LogP contribution in [-0.4, -0.2) is 47.9 Å². The minimum absolute atomic E-state index is 0.299. The molecule has 0 aliphatic heterocycles. The lowest BCUT2D eigenvalue weighted by Crippen LogP contribution is -2.46. The molecule has 0 aromatic heterocycles. The monoisotopic (exact) mass is 246 g/mol. The maximum Gasteiger partial charge on any atom is 0.0731 e. The van der Waals surface area contributed by atoms with Crippen LogP contribution in [0.3, 0.4) is 0 Å². The molecule has 0 bridgehead atoms. The molecular weight excluding hydrogens is 220 g/mol. The van der Waals surface area contributed by atoms with E-state index in [2.05, 4.69) is 13.5 Å². The third-order valence-electron chi connectivity index (χ3n) is 3.08. The smallest absolute Gasteiger partial charge is 0.0731 e. The molecule has 4 nitrogen and oxygen atoms in total. The molecular formula is C13H26O4. The van der Waals surface area contributed by atoms with Crippen LogP contribution in [0.5, 0.6) is 0 Å². The molecule has 0 amide bonds. The van der Waals surface area contributed by atoms with Crippen LogP contribution in [0.25, 0.3) is 0 Å². The zero-order valence-corrected chi connectivity index (χ0v) is 10.8. The Hall–Kier alpha value is -0.420. The molecule has 0 spiro atoms. The summed E-state index contributed by atoms with van der Waals surface area (Å²) in [5, 5.41) is 28.0. The minimum atomic E-state index is -0.986. The molecule has 0 aromatic carbocycles. The first kappa shape index (κ1) is 16.6. The van der Waals surface area contributed by atoms with Crippen molar-refractivity contribution >= 4 is 0 Å². The van der Waals surface area contributed by atoms with E-state index in [4.69, 9.17) is 4.74 Å². The van der Waals surface area contributed by atoms with E-state index in [9.17, 15) is 15.3 Å². The van der Waals surface area contributed by atoms with Gasteiger partial charge in [0.15, 0.2) is 0 Å². The van der Waals surface area contributed by atoms with Gasteiger partial charge in [-0.3, -0.25) is 0 Å². The SMILES string of the molecule is C=CCC(OCCCCC)C(CO)(CO)CO. The summed E-state index contributed by atoms with van der Waals surface area (Å²) in [4.78, 5) is 0. The first-order valence-corrected chi connectivity index (χ1v) is 6.25. The van der Waals surface area contributed by atoms with Crippen molar-refractivity contribution in [1.82, 2.24) is 0 Å². The van der Waals surface area contributed by atoms with Crippen LogP contribution in [-0.2, 0) is 4.74 Å². The molecule has 0 heterocycles. The average molecular weight is 246 g/mol. The molecule has 17 heavy (non-hydrogen) atoms. The lowest BCUT2D eigenvalue weighted by molar-refractivity contribution is -0.112. The van der Waals surface area contributed by atoms with E-state index in [1.54, 1.807) is 6.08 Å². The van der Waals surface area contributed by atoms with E-state index in [0.717, 1.165) is 19.3 Å². The van der Waals surface area contributed by atoms with Gasteiger partial charge < -0.3 is 20.1 Å². The summed E-state index contributed by atoms with van der Waals surface area (Å²) in [5.41, 5.74) is -0.986. The van der Waals surface area contributed by atoms with Crippen LogP contribution in [0, 0.1) is 5.41 Å². The van der Waals surface area contributed by atoms with Gasteiger partial charge in [0.1, 0.15) is 0 Å². The molecule has 0 aliphatic carbocycles. The third-order valence-corrected chi connectivity index (χ3v) is 3.08. The zero-order chi connectivity index (χ0) is 13.1. The highest BCUT2D eigenvalue weighted by Gasteiger charge is 2.37. The van der Waals surface area contributed by atoms with Crippen LogP contribution in [0.4, 0.5) is 0 Å². The Morgan fingerprint density at radius 3 is 2.18 bits per heavy atom. The van der Waals surface area contributed by atoms with Gasteiger partial charge >= 0.3 is 0 Å². The molecule has 0 aromatic rings. The van der Waals surface area contributed by atoms with Gasteiger partial charge in [-0.15, -0.1) is 6.58 Å². The summed E-state index contributed by atoms with van der Waals surface area (Å²) >= 11 is 0. The topological polar surface area (TPSA) is 69.9 Å². The van der Waals surface area contributed by atoms with Crippen molar-refractivity contribution < 1.29 is 20.1 Å². The molecule has 0 saturated heterocycles. The van der Waals surface area contributed by atoms with E-state index in [-0.39, 0.29) is 19.8 Å². The van der Waals surface area contributed by atoms with Gasteiger partial charge in [-0.25, -0.2) is 0 Å². The van der Waals surface area contributed by atoms with Gasteiger partial charge in [0.2, 0.25) is 0 Å². The van der Waals surface area contributed by atoms with Gasteiger partial charge in [-0.1, -0.05) is 25.8 Å². The van der Waals surface area contributed by atoms with Crippen molar-refractivity contribution in [1.29, 1.82) is 0 Å². The van der Waals surface area contributed by atoms with Crippen molar-refractivity contribution in [3.63, 3.8) is 0 Å². The first-order chi connectivity index (χ1) is 8.20. The molecule has 0 saturated carbocycles. The van der Waals surface area contributed by atoms with E-state index in [0.29, 0.717) is 13.0 Å². The number of ether oxygens (including phenoxy) is 1. The quantitative estimate of drug-likeness (QED) is 0.377. The number of rotatable bonds is 11. The molecule has 0 rings (SSSR count). The maximum absolute atomic E-state index is 9.34. The third kappa shape index (κ3) is 5.17. The number of aliphatic hydroxyl groups excluding tert-OH is 3. The van der Waals surface area contributed by atoms with Crippen molar-refractivity contribution in [2.75, 3.05) is 26.4 Å². The maximum atomic E-state index is 9.34. The van der Waals surface area contributed by atoms with Crippen LogP contribution in [0.15, 0.2) is 12.7 Å². The molecule has 0 fully saturated rings. The Morgan fingerprint density at radius 1 is 1.18 bits per heavy atom. The van der Waals surface area contributed by atoms with Gasteiger partial charge in [0, 0.05) is 6.61 Å². The number of unbranched alkanes of at least 4 members (excludes halogenated alkanes) is 2. The highest BCUT2D eigenvalue weighted by Crippen LogP contribution is 2.26. The van der Waals surface area contributed by atoms with Crippen LogP contribution >= 0.6 is 0 Å². The van der Waals surface area contributed by atoms with Crippen molar-refractivity contribution in [3.05, 3.63) is 12.7 Å². The Bertz CT molecular complexity index is 182. The second-order valence-electron chi connectivity index (χ2n) is 4.43. The second kappa shape index (κ2) is 9.59. The molecule has 102 valence electrons. The lowest BCUT2D eigenvalue weighted by Gasteiger charge is -2.35. The fraction of sp³-hybridized carbons (Fsp3) is 0.846. The predicted octanol–water partition coefficient (Wildman–Crippen LogP) is 1.10. The Labute approximate surface area is 104 Å². The molecule has 0 radical (unpaired) electrons. The lowest BCUT2D eigenvalue weighted by atomic mass is 9.82. The summed E-state index contributed by atoms with van der Waals surface area (Å²) in [6.07, 6.45) is 4.94. The standard InChI is InChI=1S/C13H26O4/c1-3-5-6-8-17-12(7-4-2)13(9-14,10-15)11-16/h4,12,14-16H,2-3,5-11H2,1H3. The molecule has 4 heteroatoms. The number of hydrogen-bond acceptors (Lipinski definition) is 4. The highest BCUT2D eigenvalue weighted by molar-refractivity contribution is 4.90. The minimum Gasteiger partial charge on any atom is -0.396 e. The summed E-state index contributed by atoms with van der Waals surface area (Å²) in [6.45, 7) is 5.43. The summed E-state index contributed by atoms with van der Waals surface area (Å²) in [6, 6.07) is 0. The number of hydrogen-bond donors (Lipinski definition) is 3. The van der Waals surface area contributed by atoms with Crippen LogP contribution in [0.1, 0.15) is 32.6 Å². The fourth-order valence-electron chi connectivity index (χ4n) is 1.68. The van der Waals surface area contributed by atoms with E-state index < -0.39 is 11.5 Å². The van der Waals surface area contributed by atoms with E-state index in [1.165, 1.54) is 0 Å². The molecule has 0 aliphatic rings. The fourth-order valence-corrected chi connectivity index (χ4v) is 1.68. The Kier molecular flexibility index (Phi) is 9.36.